The predicted molar refractivity (Wildman–Crippen MR) is 105 cm³/mol. The minimum absolute atomic E-state index is 0. The quantitative estimate of drug-likeness (QED) is 0.804. The molecular weight excluding hydrogens is 414 g/mol. The fraction of sp³-hybridized carbons (Fsp3) is 0.353. The van der Waals surface area contributed by atoms with E-state index >= 15 is 0 Å². The summed E-state index contributed by atoms with van der Waals surface area (Å²) in [5.74, 6) is -0.892. The molecule has 0 bridgehead atoms. The van der Waals surface area contributed by atoms with Gasteiger partial charge in [0.25, 0.3) is 11.8 Å². The van der Waals surface area contributed by atoms with E-state index in [1.807, 2.05) is 0 Å². The summed E-state index contributed by atoms with van der Waals surface area (Å²) in [6.45, 7) is 2.09. The van der Waals surface area contributed by atoms with Gasteiger partial charge in [-0.05, 0) is 24.7 Å². The van der Waals surface area contributed by atoms with Crippen molar-refractivity contribution >= 4 is 47.2 Å². The van der Waals surface area contributed by atoms with Crippen molar-refractivity contribution in [1.82, 2.24) is 14.8 Å². The number of nitrogens with zero attached hydrogens (tertiary/aromatic N) is 3. The second kappa shape index (κ2) is 9.45. The molecule has 146 valence electrons. The number of halogens is 3. The number of rotatable bonds is 4. The van der Waals surface area contributed by atoms with E-state index in [4.69, 9.17) is 17.3 Å². The van der Waals surface area contributed by atoms with Gasteiger partial charge in [-0.2, -0.15) is 0 Å². The molecule has 3 rings (SSSR count). The van der Waals surface area contributed by atoms with Gasteiger partial charge < -0.3 is 15.5 Å². The zero-order valence-electron chi connectivity index (χ0n) is 14.4. The summed E-state index contributed by atoms with van der Waals surface area (Å²) < 4.78 is 13.1. The van der Waals surface area contributed by atoms with E-state index in [1.165, 1.54) is 23.5 Å². The average molecular weight is 433 g/mol. The molecule has 0 atom stereocenters. The van der Waals surface area contributed by atoms with Crippen LogP contribution in [0.1, 0.15) is 25.9 Å². The van der Waals surface area contributed by atoms with Gasteiger partial charge in [-0.1, -0.05) is 11.6 Å². The van der Waals surface area contributed by atoms with Crippen LogP contribution in [0.2, 0.25) is 5.02 Å². The van der Waals surface area contributed by atoms with Crippen LogP contribution in [0.25, 0.3) is 0 Å². The van der Waals surface area contributed by atoms with Gasteiger partial charge in [0, 0.05) is 38.0 Å². The van der Waals surface area contributed by atoms with E-state index < -0.39 is 5.82 Å². The summed E-state index contributed by atoms with van der Waals surface area (Å²) in [7, 11) is 0. The maximum atomic E-state index is 13.1. The molecule has 10 heteroatoms. The van der Waals surface area contributed by atoms with Gasteiger partial charge in [0.15, 0.2) is 0 Å². The number of carbonyl (C=O) groups excluding carboxylic acids is 2. The standard InChI is InChI=1S/C17H18ClFN4O2S.ClH/c18-13-9-11(19)1-2-12(13)16(24)22-5-7-23(8-6-22)17(25)14-10-26-15(21-14)3-4-20;/h1-2,9-10H,3-8,20H2;1H. The SMILES string of the molecule is Cl.NCCc1nc(C(=O)N2CCN(C(=O)c3ccc(F)cc3Cl)CC2)cs1. The Morgan fingerprint density at radius 1 is 1.19 bits per heavy atom. The van der Waals surface area contributed by atoms with Gasteiger partial charge in [-0.3, -0.25) is 9.59 Å². The van der Waals surface area contributed by atoms with Crippen molar-refractivity contribution in [2.24, 2.45) is 5.73 Å². The number of hydrogen-bond acceptors (Lipinski definition) is 5. The van der Waals surface area contributed by atoms with Crippen LogP contribution < -0.4 is 5.73 Å². The van der Waals surface area contributed by atoms with Crippen molar-refractivity contribution in [2.75, 3.05) is 32.7 Å². The van der Waals surface area contributed by atoms with Crippen LogP contribution >= 0.6 is 35.3 Å². The average Bonchev–Trinajstić information content (AvgIpc) is 3.10. The normalized spacial score (nSPS) is 14.0. The maximum Gasteiger partial charge on any atom is 0.273 e. The lowest BCUT2D eigenvalue weighted by Gasteiger charge is -2.34. The van der Waals surface area contributed by atoms with Crippen molar-refractivity contribution < 1.29 is 14.0 Å². The summed E-state index contributed by atoms with van der Waals surface area (Å²) in [6.07, 6.45) is 0.651. The van der Waals surface area contributed by atoms with Crippen molar-refractivity contribution in [3.05, 3.63) is 50.7 Å². The molecule has 1 aromatic heterocycles. The molecule has 1 aromatic carbocycles. The molecule has 2 amide bonds. The first kappa shape index (κ1) is 21.6. The third-order valence-electron chi connectivity index (χ3n) is 4.14. The molecule has 6 nitrogen and oxygen atoms in total. The van der Waals surface area contributed by atoms with E-state index in [0.29, 0.717) is 44.8 Å². The van der Waals surface area contributed by atoms with Crippen molar-refractivity contribution in [1.29, 1.82) is 0 Å². The topological polar surface area (TPSA) is 79.5 Å². The number of piperazine rings is 1. The van der Waals surface area contributed by atoms with Gasteiger partial charge in [-0.15, -0.1) is 23.7 Å². The molecule has 1 fully saturated rings. The van der Waals surface area contributed by atoms with Gasteiger partial charge in [0.2, 0.25) is 0 Å². The summed E-state index contributed by atoms with van der Waals surface area (Å²) in [6, 6.07) is 3.71. The second-order valence-corrected chi connectivity index (χ2v) is 7.22. The molecule has 2 aromatic rings. The molecule has 1 aliphatic rings. The first-order chi connectivity index (χ1) is 12.5. The van der Waals surface area contributed by atoms with Crippen LogP contribution in [0.5, 0.6) is 0 Å². The minimum Gasteiger partial charge on any atom is -0.335 e. The Balaban J connectivity index is 0.00000261. The van der Waals surface area contributed by atoms with Crippen molar-refractivity contribution in [3.8, 4) is 0 Å². The minimum atomic E-state index is -0.487. The third-order valence-corrected chi connectivity index (χ3v) is 5.37. The highest BCUT2D eigenvalue weighted by Gasteiger charge is 2.27. The highest BCUT2D eigenvalue weighted by atomic mass is 35.5. The Morgan fingerprint density at radius 3 is 2.41 bits per heavy atom. The van der Waals surface area contributed by atoms with Gasteiger partial charge in [-0.25, -0.2) is 9.37 Å². The first-order valence-corrected chi connectivity index (χ1v) is 9.43. The first-order valence-electron chi connectivity index (χ1n) is 8.17. The number of hydrogen-bond donors (Lipinski definition) is 1. The van der Waals surface area contributed by atoms with E-state index in [9.17, 15) is 14.0 Å². The predicted octanol–water partition coefficient (Wildman–Crippen LogP) is 2.46. The second-order valence-electron chi connectivity index (χ2n) is 5.87. The zero-order chi connectivity index (χ0) is 18.7. The molecule has 0 radical (unpaired) electrons. The summed E-state index contributed by atoms with van der Waals surface area (Å²) in [4.78, 5) is 32.7. The maximum absolute atomic E-state index is 13.1. The van der Waals surface area contributed by atoms with E-state index in [-0.39, 0.29) is 34.8 Å². The lowest BCUT2D eigenvalue weighted by molar-refractivity contribution is 0.0532. The van der Waals surface area contributed by atoms with Crippen LogP contribution in [0.15, 0.2) is 23.6 Å². The molecule has 1 saturated heterocycles. The summed E-state index contributed by atoms with van der Waals surface area (Å²) in [5.41, 5.74) is 6.18. The molecule has 27 heavy (non-hydrogen) atoms. The Kier molecular flexibility index (Phi) is 7.55. The van der Waals surface area contributed by atoms with Crippen LogP contribution in [0, 0.1) is 5.82 Å². The van der Waals surface area contributed by atoms with Gasteiger partial charge >= 0.3 is 0 Å². The lowest BCUT2D eigenvalue weighted by atomic mass is 10.1. The number of amides is 2. The van der Waals surface area contributed by atoms with Crippen LogP contribution in [0.3, 0.4) is 0 Å². The van der Waals surface area contributed by atoms with E-state index in [1.54, 1.807) is 15.2 Å². The zero-order valence-corrected chi connectivity index (χ0v) is 16.7. The Bertz CT molecular complexity index is 825. The highest BCUT2D eigenvalue weighted by molar-refractivity contribution is 7.09. The lowest BCUT2D eigenvalue weighted by Crippen LogP contribution is -2.50. The number of carbonyl (C=O) groups is 2. The molecule has 2 heterocycles. The van der Waals surface area contributed by atoms with Crippen LogP contribution in [-0.2, 0) is 6.42 Å². The molecule has 0 saturated carbocycles. The van der Waals surface area contributed by atoms with Gasteiger partial charge in [0.1, 0.15) is 11.5 Å². The number of nitrogens with two attached hydrogens (primary N) is 1. The fourth-order valence-corrected chi connectivity index (χ4v) is 3.79. The molecule has 0 aliphatic carbocycles. The van der Waals surface area contributed by atoms with Crippen molar-refractivity contribution in [3.63, 3.8) is 0 Å². The smallest absolute Gasteiger partial charge is 0.273 e. The monoisotopic (exact) mass is 432 g/mol. The number of benzene rings is 1. The molecule has 0 spiro atoms. The largest absolute Gasteiger partial charge is 0.335 e. The Labute approximate surface area is 171 Å². The molecule has 0 unspecified atom stereocenters. The van der Waals surface area contributed by atoms with Gasteiger partial charge in [0.05, 0.1) is 15.6 Å². The summed E-state index contributed by atoms with van der Waals surface area (Å²) in [5, 5.41) is 2.67. The Morgan fingerprint density at radius 2 is 1.81 bits per heavy atom. The third kappa shape index (κ3) is 4.95. The molecular formula is C17H19Cl2FN4O2S. The summed E-state index contributed by atoms with van der Waals surface area (Å²) >= 11 is 7.39. The molecule has 2 N–H and O–H groups in total. The van der Waals surface area contributed by atoms with E-state index in [0.717, 1.165) is 11.1 Å². The fourth-order valence-electron chi connectivity index (χ4n) is 2.76. The van der Waals surface area contributed by atoms with Crippen molar-refractivity contribution in [2.45, 2.75) is 6.42 Å². The number of aromatic nitrogens is 1. The molecule has 1 aliphatic heterocycles. The Hall–Kier alpha value is -1.74. The highest BCUT2D eigenvalue weighted by Crippen LogP contribution is 2.20. The van der Waals surface area contributed by atoms with Crippen LogP contribution in [-0.4, -0.2) is 59.3 Å². The van der Waals surface area contributed by atoms with E-state index in [2.05, 4.69) is 4.98 Å². The van der Waals surface area contributed by atoms with Crippen LogP contribution in [0.4, 0.5) is 4.39 Å². The number of thiazole rings is 1.